The van der Waals surface area contributed by atoms with E-state index in [9.17, 15) is 0 Å². The van der Waals surface area contributed by atoms with Crippen LogP contribution in [0.1, 0.15) is 58.1 Å². The molecule has 1 aromatic carbocycles. The predicted octanol–water partition coefficient (Wildman–Crippen LogP) is 6.54. The molecule has 2 heteroatoms. The average Bonchev–Trinajstić information content (AvgIpc) is 2.53. The minimum atomic E-state index is -0.358. The number of hydrogen-bond acceptors (Lipinski definition) is 1. The fourth-order valence-corrected chi connectivity index (χ4v) is 3.12. The average molecular weight is 318 g/mol. The van der Waals surface area contributed by atoms with Crippen molar-refractivity contribution in [3.63, 3.8) is 0 Å². The Morgan fingerprint density at radius 3 is 1.95 bits per heavy atom. The molecular formula is C20H28ClN. The molecular weight excluding hydrogens is 290 g/mol. The molecule has 0 amide bonds. The zero-order chi connectivity index (χ0) is 17.1. The molecule has 0 saturated heterocycles. The maximum atomic E-state index is 6.50. The van der Waals surface area contributed by atoms with Gasteiger partial charge in [-0.2, -0.15) is 0 Å². The molecule has 1 aromatic rings. The summed E-state index contributed by atoms with van der Waals surface area (Å²) in [6, 6.07) is 3.91. The minimum absolute atomic E-state index is 0.358. The summed E-state index contributed by atoms with van der Waals surface area (Å²) >= 11 is 6.50. The van der Waals surface area contributed by atoms with Crippen molar-refractivity contribution in [3.8, 4) is 0 Å². The van der Waals surface area contributed by atoms with E-state index in [1.807, 2.05) is 12.1 Å². The van der Waals surface area contributed by atoms with Crippen LogP contribution in [0, 0.1) is 0 Å². The summed E-state index contributed by atoms with van der Waals surface area (Å²) in [7, 11) is 0. The quantitative estimate of drug-likeness (QED) is 0.448. The zero-order valence-corrected chi connectivity index (χ0v) is 15.1. The van der Waals surface area contributed by atoms with Gasteiger partial charge in [0.1, 0.15) is 0 Å². The van der Waals surface area contributed by atoms with Gasteiger partial charge >= 0.3 is 0 Å². The molecule has 0 spiro atoms. The van der Waals surface area contributed by atoms with Crippen molar-refractivity contribution in [1.82, 2.24) is 0 Å². The summed E-state index contributed by atoms with van der Waals surface area (Å²) in [5.74, 6) is 0. The van der Waals surface area contributed by atoms with Crippen molar-refractivity contribution >= 4 is 22.9 Å². The van der Waals surface area contributed by atoms with E-state index in [1.165, 1.54) is 0 Å². The van der Waals surface area contributed by atoms with Gasteiger partial charge in [0.25, 0.3) is 0 Å². The molecule has 22 heavy (non-hydrogen) atoms. The van der Waals surface area contributed by atoms with E-state index in [0.29, 0.717) is 5.02 Å². The van der Waals surface area contributed by atoms with Crippen LogP contribution in [-0.2, 0) is 5.41 Å². The highest BCUT2D eigenvalue weighted by Crippen LogP contribution is 2.45. The molecule has 0 radical (unpaired) electrons. The van der Waals surface area contributed by atoms with Crippen molar-refractivity contribution in [1.29, 1.82) is 0 Å². The molecule has 0 heterocycles. The van der Waals surface area contributed by atoms with E-state index in [1.54, 1.807) is 0 Å². The summed E-state index contributed by atoms with van der Waals surface area (Å²) in [5.41, 5.74) is 11.9. The molecule has 0 bridgehead atoms. The second-order valence-electron chi connectivity index (χ2n) is 5.92. The van der Waals surface area contributed by atoms with Gasteiger partial charge in [0.2, 0.25) is 0 Å². The van der Waals surface area contributed by atoms with E-state index in [2.05, 4.69) is 47.4 Å². The zero-order valence-electron chi connectivity index (χ0n) is 14.4. The van der Waals surface area contributed by atoms with Crippen molar-refractivity contribution in [2.24, 2.45) is 0 Å². The first-order chi connectivity index (χ1) is 10.2. The second-order valence-corrected chi connectivity index (χ2v) is 6.32. The van der Waals surface area contributed by atoms with Gasteiger partial charge in [0, 0.05) is 16.1 Å². The Kier molecular flexibility index (Phi) is 6.08. The lowest BCUT2D eigenvalue weighted by molar-refractivity contribution is 0.618. The SMILES string of the molecule is C=C(CC)c1cc(N)c(C(C)(C(=C)CC)C(=C)CC)cc1Cl. The molecule has 0 aliphatic rings. The van der Waals surface area contributed by atoms with Gasteiger partial charge in [0.15, 0.2) is 0 Å². The number of rotatable bonds is 7. The number of anilines is 1. The number of allylic oxidation sites excluding steroid dienone is 3. The van der Waals surface area contributed by atoms with Gasteiger partial charge in [-0.1, -0.05) is 63.3 Å². The fraction of sp³-hybridized carbons (Fsp3) is 0.400. The first kappa shape index (κ1) is 18.6. The van der Waals surface area contributed by atoms with E-state index >= 15 is 0 Å². The number of nitrogens with two attached hydrogens (primary N) is 1. The Morgan fingerprint density at radius 2 is 1.55 bits per heavy atom. The Morgan fingerprint density at radius 1 is 1.05 bits per heavy atom. The third-order valence-electron chi connectivity index (χ3n) is 4.75. The van der Waals surface area contributed by atoms with Crippen LogP contribution in [0.2, 0.25) is 5.02 Å². The maximum absolute atomic E-state index is 6.50. The van der Waals surface area contributed by atoms with Crippen LogP contribution in [0.4, 0.5) is 5.69 Å². The normalized spacial score (nSPS) is 11.3. The lowest BCUT2D eigenvalue weighted by atomic mass is 9.69. The molecule has 0 fully saturated rings. The molecule has 0 unspecified atom stereocenters. The predicted molar refractivity (Wildman–Crippen MR) is 101 cm³/mol. The van der Waals surface area contributed by atoms with Crippen LogP contribution < -0.4 is 5.73 Å². The largest absolute Gasteiger partial charge is 0.398 e. The van der Waals surface area contributed by atoms with Gasteiger partial charge in [-0.25, -0.2) is 0 Å². The molecule has 0 saturated carbocycles. The maximum Gasteiger partial charge on any atom is 0.0485 e. The lowest BCUT2D eigenvalue weighted by Gasteiger charge is -2.36. The highest BCUT2D eigenvalue weighted by Gasteiger charge is 2.33. The van der Waals surface area contributed by atoms with Crippen molar-refractivity contribution in [2.75, 3.05) is 5.73 Å². The van der Waals surface area contributed by atoms with Crippen LogP contribution >= 0.6 is 11.6 Å². The Balaban J connectivity index is 3.58. The molecule has 1 rings (SSSR count). The van der Waals surface area contributed by atoms with E-state index in [-0.39, 0.29) is 5.41 Å². The molecule has 1 nitrogen and oxygen atoms in total. The van der Waals surface area contributed by atoms with Gasteiger partial charge in [0.05, 0.1) is 0 Å². The summed E-state index contributed by atoms with van der Waals surface area (Å²) in [6.45, 7) is 21.0. The smallest absolute Gasteiger partial charge is 0.0485 e. The number of halogens is 1. The van der Waals surface area contributed by atoms with Crippen molar-refractivity contribution in [2.45, 2.75) is 52.4 Å². The number of hydrogen-bond donors (Lipinski definition) is 1. The fourth-order valence-electron chi connectivity index (χ4n) is 2.82. The van der Waals surface area contributed by atoms with Gasteiger partial charge in [-0.15, -0.1) is 0 Å². The summed E-state index contributed by atoms with van der Waals surface area (Å²) in [5, 5.41) is 0.690. The van der Waals surface area contributed by atoms with Gasteiger partial charge < -0.3 is 5.73 Å². The van der Waals surface area contributed by atoms with Crippen LogP contribution in [0.15, 0.2) is 43.0 Å². The first-order valence-electron chi connectivity index (χ1n) is 7.87. The number of benzene rings is 1. The number of nitrogen functional groups attached to an aromatic ring is 1. The third kappa shape index (κ3) is 3.15. The van der Waals surface area contributed by atoms with Crippen LogP contribution in [0.5, 0.6) is 0 Å². The molecule has 2 N–H and O–H groups in total. The highest BCUT2D eigenvalue weighted by atomic mass is 35.5. The van der Waals surface area contributed by atoms with Crippen LogP contribution in [-0.4, -0.2) is 0 Å². The molecule has 0 aliphatic carbocycles. The van der Waals surface area contributed by atoms with Crippen LogP contribution in [0.25, 0.3) is 5.57 Å². The second kappa shape index (κ2) is 7.19. The summed E-state index contributed by atoms with van der Waals surface area (Å²) in [4.78, 5) is 0. The Labute approximate surface area is 140 Å². The molecule has 120 valence electrons. The van der Waals surface area contributed by atoms with E-state index < -0.39 is 0 Å². The highest BCUT2D eigenvalue weighted by molar-refractivity contribution is 6.32. The lowest BCUT2D eigenvalue weighted by Crippen LogP contribution is -2.27. The van der Waals surface area contributed by atoms with Crippen molar-refractivity contribution in [3.05, 3.63) is 59.2 Å². The third-order valence-corrected chi connectivity index (χ3v) is 5.07. The van der Waals surface area contributed by atoms with Gasteiger partial charge in [-0.3, -0.25) is 0 Å². The standard InChI is InChI=1S/C20H28ClN/c1-8-13(4)16-11-19(22)17(12-18(16)21)20(7,14(5)9-2)15(6)10-3/h11-12H,4-6,8-10,22H2,1-3,7H3. The molecule has 0 atom stereocenters. The molecule has 0 aliphatic heterocycles. The minimum Gasteiger partial charge on any atom is -0.398 e. The molecule has 0 aromatic heterocycles. The summed E-state index contributed by atoms with van der Waals surface area (Å²) in [6.07, 6.45) is 2.59. The Bertz CT molecular complexity index is 594. The topological polar surface area (TPSA) is 26.0 Å². The first-order valence-corrected chi connectivity index (χ1v) is 8.25. The van der Waals surface area contributed by atoms with E-state index in [4.69, 9.17) is 17.3 Å². The monoisotopic (exact) mass is 317 g/mol. The summed E-state index contributed by atoms with van der Waals surface area (Å²) < 4.78 is 0. The Hall–Kier alpha value is -1.47. The van der Waals surface area contributed by atoms with Gasteiger partial charge in [-0.05, 0) is 55.0 Å². The van der Waals surface area contributed by atoms with Crippen LogP contribution in [0.3, 0.4) is 0 Å². The van der Waals surface area contributed by atoms with Crippen molar-refractivity contribution < 1.29 is 0 Å². The van der Waals surface area contributed by atoms with E-state index in [0.717, 1.165) is 52.8 Å².